The Morgan fingerprint density at radius 1 is 0.893 bits per heavy atom. The number of carbonyl (C=O) groups excluding carboxylic acids is 2. The molecule has 2 amide bonds. The molecule has 0 radical (unpaired) electrons. The lowest BCUT2D eigenvalue weighted by atomic mass is 10.0. The molecule has 1 heterocycles. The highest BCUT2D eigenvalue weighted by molar-refractivity contribution is 6.07. The van der Waals surface area contributed by atoms with Crippen molar-refractivity contribution >= 4 is 22.6 Å². The van der Waals surface area contributed by atoms with E-state index in [-0.39, 0.29) is 23.7 Å². The first-order valence-electron chi connectivity index (χ1n) is 9.45. The molecule has 1 aliphatic rings. The number of hydrogen-bond acceptors (Lipinski definition) is 2. The van der Waals surface area contributed by atoms with Crippen molar-refractivity contribution in [1.29, 1.82) is 0 Å². The first-order chi connectivity index (χ1) is 13.6. The summed E-state index contributed by atoms with van der Waals surface area (Å²) in [5.74, 6) is -0.537. The molecule has 28 heavy (non-hydrogen) atoms. The van der Waals surface area contributed by atoms with Crippen LogP contribution < -0.4 is 5.32 Å². The first kappa shape index (κ1) is 18.2. The van der Waals surface area contributed by atoms with Gasteiger partial charge in [-0.3, -0.25) is 9.59 Å². The predicted molar refractivity (Wildman–Crippen MR) is 107 cm³/mol. The number of piperidine rings is 1. The minimum absolute atomic E-state index is 0.0312. The third-order valence-electron chi connectivity index (χ3n) is 5.24. The lowest BCUT2D eigenvalue weighted by Gasteiger charge is -2.32. The molecule has 0 unspecified atom stereocenters. The molecule has 0 bridgehead atoms. The van der Waals surface area contributed by atoms with Gasteiger partial charge in [-0.2, -0.15) is 0 Å². The van der Waals surface area contributed by atoms with E-state index in [9.17, 15) is 14.0 Å². The average molecular weight is 376 g/mol. The fourth-order valence-electron chi connectivity index (χ4n) is 3.69. The van der Waals surface area contributed by atoms with Crippen LogP contribution >= 0.6 is 0 Å². The summed E-state index contributed by atoms with van der Waals surface area (Å²) in [6, 6.07) is 19.2. The summed E-state index contributed by atoms with van der Waals surface area (Å²) >= 11 is 0. The summed E-state index contributed by atoms with van der Waals surface area (Å²) in [5.41, 5.74) is 1.16. The Morgan fingerprint density at radius 2 is 1.57 bits per heavy atom. The largest absolute Gasteiger partial charge is 0.349 e. The second-order valence-corrected chi connectivity index (χ2v) is 7.07. The number of amides is 2. The zero-order valence-electron chi connectivity index (χ0n) is 15.4. The van der Waals surface area contributed by atoms with Crippen LogP contribution in [-0.4, -0.2) is 35.8 Å². The van der Waals surface area contributed by atoms with Crippen molar-refractivity contribution < 1.29 is 14.0 Å². The molecule has 1 fully saturated rings. The molecule has 4 nitrogen and oxygen atoms in total. The Bertz CT molecular complexity index is 1000. The smallest absolute Gasteiger partial charge is 0.253 e. The van der Waals surface area contributed by atoms with Crippen molar-refractivity contribution in [1.82, 2.24) is 10.2 Å². The van der Waals surface area contributed by atoms with Crippen LogP contribution in [0, 0.1) is 5.82 Å². The fraction of sp³-hybridized carbons (Fsp3) is 0.217. The Morgan fingerprint density at radius 3 is 2.32 bits per heavy atom. The molecule has 0 aromatic heterocycles. The van der Waals surface area contributed by atoms with Crippen LogP contribution in [0.1, 0.15) is 33.6 Å². The molecule has 1 aliphatic heterocycles. The van der Waals surface area contributed by atoms with Crippen LogP contribution in [0.15, 0.2) is 66.7 Å². The Hall–Kier alpha value is -3.21. The van der Waals surface area contributed by atoms with Gasteiger partial charge in [-0.1, -0.05) is 36.4 Å². The summed E-state index contributed by atoms with van der Waals surface area (Å²) in [6.45, 7) is 1.13. The van der Waals surface area contributed by atoms with Crippen LogP contribution in [0.4, 0.5) is 4.39 Å². The fourth-order valence-corrected chi connectivity index (χ4v) is 3.69. The van der Waals surface area contributed by atoms with Gasteiger partial charge in [0.25, 0.3) is 11.8 Å². The number of likely N-dealkylation sites (tertiary alicyclic amines) is 1. The summed E-state index contributed by atoms with van der Waals surface area (Å²) in [6.07, 6.45) is 1.40. The quantitative estimate of drug-likeness (QED) is 0.751. The van der Waals surface area contributed by atoms with Gasteiger partial charge < -0.3 is 10.2 Å². The van der Waals surface area contributed by atoms with Gasteiger partial charge in [0.15, 0.2) is 0 Å². The summed E-state index contributed by atoms with van der Waals surface area (Å²) in [7, 11) is 0. The molecule has 3 aromatic rings. The number of rotatable bonds is 3. The Kier molecular flexibility index (Phi) is 5.06. The Labute approximate surface area is 163 Å². The van der Waals surface area contributed by atoms with Gasteiger partial charge in [0, 0.05) is 30.3 Å². The molecule has 3 aromatic carbocycles. The van der Waals surface area contributed by atoms with Gasteiger partial charge in [0.1, 0.15) is 5.82 Å². The van der Waals surface area contributed by atoms with Gasteiger partial charge in [0.2, 0.25) is 0 Å². The number of halogens is 1. The number of carbonyl (C=O) groups is 2. The van der Waals surface area contributed by atoms with Crippen molar-refractivity contribution in [3.63, 3.8) is 0 Å². The molecular formula is C23H21FN2O2. The van der Waals surface area contributed by atoms with Gasteiger partial charge in [0.05, 0.1) is 0 Å². The van der Waals surface area contributed by atoms with Crippen LogP contribution in [-0.2, 0) is 0 Å². The summed E-state index contributed by atoms with van der Waals surface area (Å²) in [4.78, 5) is 27.1. The maximum Gasteiger partial charge on any atom is 0.253 e. The molecular weight excluding hydrogens is 355 g/mol. The van der Waals surface area contributed by atoms with Gasteiger partial charge in [-0.25, -0.2) is 4.39 Å². The normalized spacial score (nSPS) is 14.8. The average Bonchev–Trinajstić information content (AvgIpc) is 2.74. The minimum Gasteiger partial charge on any atom is -0.349 e. The number of nitrogens with one attached hydrogen (secondary N) is 1. The van der Waals surface area contributed by atoms with Crippen LogP contribution in [0.25, 0.3) is 10.8 Å². The second kappa shape index (κ2) is 7.80. The summed E-state index contributed by atoms with van der Waals surface area (Å²) in [5, 5.41) is 5.08. The van der Waals surface area contributed by atoms with E-state index in [4.69, 9.17) is 0 Å². The number of hydrogen-bond donors (Lipinski definition) is 1. The molecule has 0 spiro atoms. The number of benzene rings is 3. The minimum atomic E-state index is -0.355. The summed E-state index contributed by atoms with van der Waals surface area (Å²) < 4.78 is 13.0. The zero-order valence-corrected chi connectivity index (χ0v) is 15.4. The lowest BCUT2D eigenvalue weighted by molar-refractivity contribution is 0.0698. The van der Waals surface area contributed by atoms with Crippen molar-refractivity contribution in [3.05, 3.63) is 83.7 Å². The Balaban J connectivity index is 1.38. The maximum absolute atomic E-state index is 13.0. The zero-order chi connectivity index (χ0) is 19.5. The van der Waals surface area contributed by atoms with Crippen molar-refractivity contribution in [2.24, 2.45) is 0 Å². The standard InChI is InChI=1S/C23H21FN2O2/c24-18-10-8-17(9-11-18)23(28)26-14-12-19(13-15-26)25-22(27)21-7-3-5-16-4-1-2-6-20(16)21/h1-11,19H,12-15H2,(H,25,27). The molecule has 0 saturated carbocycles. The first-order valence-corrected chi connectivity index (χ1v) is 9.45. The third kappa shape index (κ3) is 3.74. The number of fused-ring (bicyclic) bond motifs is 1. The van der Waals surface area contributed by atoms with E-state index in [1.807, 2.05) is 42.5 Å². The van der Waals surface area contributed by atoms with Crippen LogP contribution in [0.2, 0.25) is 0 Å². The molecule has 1 N–H and O–H groups in total. The van der Waals surface area contributed by atoms with E-state index in [0.29, 0.717) is 37.1 Å². The SMILES string of the molecule is O=C(NC1CCN(C(=O)c2ccc(F)cc2)CC1)c1cccc2ccccc12. The van der Waals surface area contributed by atoms with E-state index in [2.05, 4.69) is 5.32 Å². The highest BCUT2D eigenvalue weighted by Gasteiger charge is 2.25. The second-order valence-electron chi connectivity index (χ2n) is 7.07. The van der Waals surface area contributed by atoms with Crippen molar-refractivity contribution in [3.8, 4) is 0 Å². The van der Waals surface area contributed by atoms with Crippen LogP contribution in [0.3, 0.4) is 0 Å². The maximum atomic E-state index is 13.0. The molecule has 0 aliphatic carbocycles. The monoisotopic (exact) mass is 376 g/mol. The van der Waals surface area contributed by atoms with E-state index in [1.54, 1.807) is 4.90 Å². The van der Waals surface area contributed by atoms with Gasteiger partial charge in [-0.05, 0) is 53.9 Å². The van der Waals surface area contributed by atoms with E-state index >= 15 is 0 Å². The van der Waals surface area contributed by atoms with E-state index in [0.717, 1.165) is 10.8 Å². The number of nitrogens with zero attached hydrogens (tertiary/aromatic N) is 1. The topological polar surface area (TPSA) is 49.4 Å². The van der Waals surface area contributed by atoms with Crippen LogP contribution in [0.5, 0.6) is 0 Å². The molecule has 5 heteroatoms. The highest BCUT2D eigenvalue weighted by Crippen LogP contribution is 2.20. The molecule has 1 saturated heterocycles. The third-order valence-corrected chi connectivity index (χ3v) is 5.24. The lowest BCUT2D eigenvalue weighted by Crippen LogP contribution is -2.46. The molecule has 0 atom stereocenters. The molecule has 142 valence electrons. The highest BCUT2D eigenvalue weighted by atomic mass is 19.1. The van der Waals surface area contributed by atoms with Gasteiger partial charge in [-0.15, -0.1) is 0 Å². The van der Waals surface area contributed by atoms with Crippen molar-refractivity contribution in [2.45, 2.75) is 18.9 Å². The van der Waals surface area contributed by atoms with Gasteiger partial charge >= 0.3 is 0 Å². The predicted octanol–water partition coefficient (Wildman–Crippen LogP) is 4.01. The molecule has 4 rings (SSSR count). The van der Waals surface area contributed by atoms with E-state index < -0.39 is 0 Å². The van der Waals surface area contributed by atoms with Crippen molar-refractivity contribution in [2.75, 3.05) is 13.1 Å². The van der Waals surface area contributed by atoms with E-state index in [1.165, 1.54) is 24.3 Å².